The molecule has 5 rings (SSSR count). The van der Waals surface area contributed by atoms with Crippen LogP contribution in [0, 0.1) is 6.92 Å². The van der Waals surface area contributed by atoms with E-state index in [1.807, 2.05) is 67.6 Å². The van der Waals surface area contributed by atoms with Gasteiger partial charge >= 0.3 is 0 Å². The van der Waals surface area contributed by atoms with Crippen LogP contribution in [0.3, 0.4) is 0 Å². The molecule has 1 atom stereocenters. The Balaban J connectivity index is 1.40. The number of carbonyl (C=O) groups is 3. The zero-order valence-corrected chi connectivity index (χ0v) is 26.6. The Hall–Kier alpha value is -5.80. The summed E-state index contributed by atoms with van der Waals surface area (Å²) in [7, 11) is 1.45. The van der Waals surface area contributed by atoms with E-state index in [0.717, 1.165) is 16.0 Å². The highest BCUT2D eigenvalue weighted by Gasteiger charge is 2.23. The molecule has 0 fully saturated rings. The molecule has 3 amide bonds. The van der Waals surface area contributed by atoms with E-state index in [4.69, 9.17) is 4.74 Å². The number of aromatic hydroxyl groups is 1. The minimum atomic E-state index is -0.580. The van der Waals surface area contributed by atoms with Crippen LogP contribution < -0.4 is 20.7 Å². The normalized spacial score (nSPS) is 11.7. The minimum absolute atomic E-state index is 0.00556. The molecule has 5 aromatic carbocycles. The Morgan fingerprint density at radius 1 is 0.766 bits per heavy atom. The summed E-state index contributed by atoms with van der Waals surface area (Å²) >= 11 is 1.35. The number of rotatable bonds is 11. The van der Waals surface area contributed by atoms with Gasteiger partial charge in [-0.05, 0) is 73.2 Å². The summed E-state index contributed by atoms with van der Waals surface area (Å²) in [6.45, 7) is 1.99. The Labute approximate surface area is 277 Å². The van der Waals surface area contributed by atoms with Crippen LogP contribution in [0.25, 0.3) is 6.08 Å². The molecule has 8 nitrogen and oxygen atoms in total. The number of benzene rings is 5. The van der Waals surface area contributed by atoms with Crippen molar-refractivity contribution in [2.75, 3.05) is 17.7 Å². The number of amides is 3. The number of nitrogens with one attached hydrogen (secondary N) is 3. The van der Waals surface area contributed by atoms with E-state index in [9.17, 15) is 19.5 Å². The number of anilines is 2. The van der Waals surface area contributed by atoms with Crippen molar-refractivity contribution in [2.24, 2.45) is 0 Å². The molecule has 0 saturated carbocycles. The molecule has 47 heavy (non-hydrogen) atoms. The molecule has 4 N–H and O–H groups in total. The minimum Gasteiger partial charge on any atom is -0.508 e. The molecular formula is C38H33N3O5S. The first-order valence-corrected chi connectivity index (χ1v) is 15.6. The summed E-state index contributed by atoms with van der Waals surface area (Å²) in [5.41, 5.74) is 3.88. The summed E-state index contributed by atoms with van der Waals surface area (Å²) in [4.78, 5) is 41.1. The maximum Gasteiger partial charge on any atom is 0.272 e. The molecule has 0 aliphatic carbocycles. The van der Waals surface area contributed by atoms with Crippen LogP contribution in [0.2, 0.25) is 0 Å². The Morgan fingerprint density at radius 2 is 1.47 bits per heavy atom. The molecule has 0 aliphatic heterocycles. The smallest absolute Gasteiger partial charge is 0.272 e. The number of thioether (sulfide) groups is 1. The van der Waals surface area contributed by atoms with Gasteiger partial charge in [0.15, 0.2) is 0 Å². The van der Waals surface area contributed by atoms with E-state index < -0.39 is 17.1 Å². The van der Waals surface area contributed by atoms with Crippen molar-refractivity contribution >= 4 is 46.9 Å². The lowest BCUT2D eigenvalue weighted by Crippen LogP contribution is -2.30. The molecule has 0 radical (unpaired) electrons. The van der Waals surface area contributed by atoms with Crippen molar-refractivity contribution in [3.05, 3.63) is 155 Å². The maximum absolute atomic E-state index is 13.7. The molecule has 0 aromatic heterocycles. The third-order valence-electron chi connectivity index (χ3n) is 7.05. The summed E-state index contributed by atoms with van der Waals surface area (Å²) in [5, 5.41) is 17.9. The second-order valence-electron chi connectivity index (χ2n) is 10.6. The first kappa shape index (κ1) is 32.6. The molecular weight excluding hydrogens is 611 g/mol. The van der Waals surface area contributed by atoms with Gasteiger partial charge in [-0.15, -0.1) is 11.8 Å². The van der Waals surface area contributed by atoms with Gasteiger partial charge in [-0.2, -0.15) is 0 Å². The highest BCUT2D eigenvalue weighted by molar-refractivity contribution is 8.00. The summed E-state index contributed by atoms with van der Waals surface area (Å²) in [6, 6.07) is 37.2. The quantitative estimate of drug-likeness (QED) is 0.0871. The van der Waals surface area contributed by atoms with Crippen molar-refractivity contribution in [1.82, 2.24) is 5.32 Å². The fourth-order valence-electron chi connectivity index (χ4n) is 4.64. The van der Waals surface area contributed by atoms with Crippen molar-refractivity contribution in [1.29, 1.82) is 0 Å². The number of aryl methyl sites for hydroxylation is 1. The predicted molar refractivity (Wildman–Crippen MR) is 186 cm³/mol. The zero-order valence-electron chi connectivity index (χ0n) is 25.8. The van der Waals surface area contributed by atoms with Crippen molar-refractivity contribution < 1.29 is 24.2 Å². The summed E-state index contributed by atoms with van der Waals surface area (Å²) in [6.07, 6.45) is 1.48. The summed E-state index contributed by atoms with van der Waals surface area (Å²) in [5.74, 6) is -0.925. The molecule has 9 heteroatoms. The van der Waals surface area contributed by atoms with Gasteiger partial charge < -0.3 is 25.8 Å². The van der Waals surface area contributed by atoms with Crippen LogP contribution in [0.1, 0.15) is 32.3 Å². The van der Waals surface area contributed by atoms with Gasteiger partial charge in [0.1, 0.15) is 22.4 Å². The molecule has 0 heterocycles. The first-order valence-electron chi connectivity index (χ1n) is 14.7. The largest absolute Gasteiger partial charge is 0.508 e. The molecule has 0 saturated heterocycles. The van der Waals surface area contributed by atoms with Gasteiger partial charge in [0, 0.05) is 33.5 Å². The van der Waals surface area contributed by atoms with Gasteiger partial charge in [0.2, 0.25) is 5.91 Å². The van der Waals surface area contributed by atoms with E-state index in [1.54, 1.807) is 54.6 Å². The fourth-order valence-corrected chi connectivity index (χ4v) is 5.73. The van der Waals surface area contributed by atoms with Crippen molar-refractivity contribution in [3.63, 3.8) is 0 Å². The third kappa shape index (κ3) is 8.90. The molecule has 5 aromatic rings. The number of carbonyl (C=O) groups excluding carboxylic acids is 3. The maximum atomic E-state index is 13.7. The van der Waals surface area contributed by atoms with Crippen LogP contribution in [0.15, 0.2) is 138 Å². The predicted octanol–water partition coefficient (Wildman–Crippen LogP) is 7.59. The molecule has 1 unspecified atom stereocenters. The lowest BCUT2D eigenvalue weighted by atomic mass is 10.1. The Bertz CT molecular complexity index is 1890. The standard InChI is InChI=1S/C38H33N3O5S/c1-25-16-19-29(20-17-25)39-38(45)35(26-10-5-3-6-11-26)47-32-15-9-14-30(23-32)40-37(44)33(41-36(43)27-12-7-4-8-13-27)22-28-18-21-31(42)24-34(28)46-2/h3-24,35,42H,1-2H3,(H,39,45)(H,40,44)(H,41,43)/b33-22+. The fraction of sp³-hybridized carbons (Fsp3) is 0.0789. The topological polar surface area (TPSA) is 117 Å². The number of phenolic OH excluding ortho intramolecular Hbond substituents is 1. The van der Waals surface area contributed by atoms with Gasteiger partial charge in [0.25, 0.3) is 11.8 Å². The Kier molecular flexibility index (Phi) is 10.7. The van der Waals surface area contributed by atoms with E-state index in [2.05, 4.69) is 16.0 Å². The highest BCUT2D eigenvalue weighted by Crippen LogP contribution is 2.37. The van der Waals surface area contributed by atoms with Crippen LogP contribution in [0.5, 0.6) is 11.5 Å². The van der Waals surface area contributed by atoms with E-state index >= 15 is 0 Å². The summed E-state index contributed by atoms with van der Waals surface area (Å²) < 4.78 is 5.38. The lowest BCUT2D eigenvalue weighted by Gasteiger charge is -2.18. The van der Waals surface area contributed by atoms with Gasteiger partial charge in [-0.3, -0.25) is 14.4 Å². The average molecular weight is 644 g/mol. The average Bonchev–Trinajstić information content (AvgIpc) is 3.09. The van der Waals surface area contributed by atoms with Gasteiger partial charge in [-0.1, -0.05) is 72.3 Å². The number of methoxy groups -OCH3 is 1. The lowest BCUT2D eigenvalue weighted by molar-refractivity contribution is -0.116. The van der Waals surface area contributed by atoms with E-state index in [1.165, 1.54) is 37.1 Å². The monoisotopic (exact) mass is 643 g/mol. The third-order valence-corrected chi connectivity index (χ3v) is 8.30. The second kappa shape index (κ2) is 15.5. The van der Waals surface area contributed by atoms with E-state index in [0.29, 0.717) is 28.3 Å². The molecule has 0 aliphatic rings. The molecule has 0 bridgehead atoms. The van der Waals surface area contributed by atoms with Gasteiger partial charge in [0.05, 0.1) is 7.11 Å². The number of hydrogen-bond donors (Lipinski definition) is 4. The molecule has 0 spiro atoms. The number of ether oxygens (including phenoxy) is 1. The van der Waals surface area contributed by atoms with Crippen LogP contribution >= 0.6 is 11.8 Å². The van der Waals surface area contributed by atoms with Crippen LogP contribution in [0.4, 0.5) is 11.4 Å². The van der Waals surface area contributed by atoms with Crippen molar-refractivity contribution in [2.45, 2.75) is 17.1 Å². The molecule has 236 valence electrons. The highest BCUT2D eigenvalue weighted by atomic mass is 32.2. The Morgan fingerprint density at radius 3 is 2.17 bits per heavy atom. The number of phenols is 1. The van der Waals surface area contributed by atoms with Gasteiger partial charge in [-0.25, -0.2) is 0 Å². The first-order chi connectivity index (χ1) is 22.8. The van der Waals surface area contributed by atoms with E-state index in [-0.39, 0.29) is 17.4 Å². The van der Waals surface area contributed by atoms with Crippen molar-refractivity contribution in [3.8, 4) is 11.5 Å². The SMILES string of the molecule is COc1cc(O)ccc1/C=C(/NC(=O)c1ccccc1)C(=O)Nc1cccc(SC(C(=O)Nc2ccc(C)cc2)c2ccccc2)c1. The second-order valence-corrected chi connectivity index (χ2v) is 11.7. The van der Waals surface area contributed by atoms with Crippen LogP contribution in [-0.2, 0) is 9.59 Å². The van der Waals surface area contributed by atoms with Crippen LogP contribution in [-0.4, -0.2) is 29.9 Å². The number of hydrogen-bond acceptors (Lipinski definition) is 6. The zero-order chi connectivity index (χ0) is 33.2.